The monoisotopic (exact) mass is 355 g/mol. The average Bonchev–Trinajstić information content (AvgIpc) is 3.09. The van der Waals surface area contributed by atoms with Crippen LogP contribution in [-0.4, -0.2) is 25.6 Å². The Hall–Kier alpha value is -3.20. The van der Waals surface area contributed by atoms with Gasteiger partial charge in [-0.15, -0.1) is 5.10 Å². The first-order valence-electron chi connectivity index (χ1n) is 7.21. The second-order valence-corrected chi connectivity index (χ2v) is 6.00. The third-order valence-corrected chi connectivity index (χ3v) is 4.32. The maximum absolute atomic E-state index is 11.2. The summed E-state index contributed by atoms with van der Waals surface area (Å²) in [5.74, 6) is -0.403. The summed E-state index contributed by atoms with van der Waals surface area (Å²) < 4.78 is 1.63. The van der Waals surface area contributed by atoms with E-state index in [1.54, 1.807) is 11.0 Å². The lowest BCUT2D eigenvalue weighted by atomic mass is 10.1. The zero-order chi connectivity index (χ0) is 17.8. The van der Waals surface area contributed by atoms with Gasteiger partial charge in [0.05, 0.1) is 10.6 Å². The quantitative estimate of drug-likeness (QED) is 0.412. The summed E-state index contributed by atoms with van der Waals surface area (Å²) in [6.07, 6.45) is 1.59. The molecule has 0 spiro atoms. The van der Waals surface area contributed by atoms with Gasteiger partial charge in [0, 0.05) is 22.9 Å². The molecule has 8 nitrogen and oxygen atoms in total. The van der Waals surface area contributed by atoms with Crippen molar-refractivity contribution in [3.8, 4) is 5.69 Å². The van der Waals surface area contributed by atoms with Crippen molar-refractivity contribution in [2.75, 3.05) is 0 Å². The molecule has 1 aromatic heterocycles. The first-order chi connectivity index (χ1) is 12.0. The predicted molar refractivity (Wildman–Crippen MR) is 92.5 cm³/mol. The van der Waals surface area contributed by atoms with Gasteiger partial charge in [-0.2, -0.15) is 0 Å². The fourth-order valence-corrected chi connectivity index (χ4v) is 2.97. The highest BCUT2D eigenvalue weighted by molar-refractivity contribution is 7.98. The van der Waals surface area contributed by atoms with Crippen LogP contribution in [0.5, 0.6) is 0 Å². The molecule has 2 aromatic carbocycles. The van der Waals surface area contributed by atoms with E-state index in [2.05, 4.69) is 10.1 Å². The average molecular weight is 355 g/mol. The molecule has 0 fully saturated rings. The molecule has 126 valence electrons. The number of primary amides is 1. The molecule has 0 bridgehead atoms. The Kier molecular flexibility index (Phi) is 4.75. The molecule has 0 atom stereocenters. The standard InChI is InChI=1S/C16H13N5O3S/c17-15(22)11-6-7-12(14(8-11)21(23)24)9-25-16-18-10-20(19-16)13-4-2-1-3-5-13/h1-8,10H,9H2,(H2,17,22). The number of nitrogens with two attached hydrogens (primary N) is 1. The molecule has 2 N–H and O–H groups in total. The Morgan fingerprint density at radius 2 is 2.00 bits per heavy atom. The number of carbonyl (C=O) groups excluding carboxylic acids is 1. The van der Waals surface area contributed by atoms with Gasteiger partial charge >= 0.3 is 0 Å². The molecule has 0 radical (unpaired) electrons. The molecule has 25 heavy (non-hydrogen) atoms. The second kappa shape index (κ2) is 7.14. The molecule has 0 saturated carbocycles. The van der Waals surface area contributed by atoms with Crippen molar-refractivity contribution >= 4 is 23.4 Å². The maximum Gasteiger partial charge on any atom is 0.274 e. The Bertz CT molecular complexity index is 927. The summed E-state index contributed by atoms with van der Waals surface area (Å²) in [6.45, 7) is 0. The number of rotatable bonds is 6. The van der Waals surface area contributed by atoms with E-state index in [-0.39, 0.29) is 11.3 Å². The Labute approximate surface area is 146 Å². The Morgan fingerprint density at radius 1 is 1.24 bits per heavy atom. The molecule has 0 aliphatic heterocycles. The van der Waals surface area contributed by atoms with E-state index >= 15 is 0 Å². The smallest absolute Gasteiger partial charge is 0.274 e. The summed E-state index contributed by atoms with van der Waals surface area (Å²) in [7, 11) is 0. The van der Waals surface area contributed by atoms with Crippen LogP contribution in [0.15, 0.2) is 60.0 Å². The highest BCUT2D eigenvalue weighted by Crippen LogP contribution is 2.27. The number of amides is 1. The zero-order valence-corrected chi connectivity index (χ0v) is 13.7. The second-order valence-electron chi connectivity index (χ2n) is 5.06. The van der Waals surface area contributed by atoms with E-state index in [0.29, 0.717) is 16.5 Å². The molecule has 1 amide bonds. The van der Waals surface area contributed by atoms with Crippen molar-refractivity contribution in [2.24, 2.45) is 5.73 Å². The van der Waals surface area contributed by atoms with Crippen molar-refractivity contribution in [1.82, 2.24) is 14.8 Å². The summed E-state index contributed by atoms with van der Waals surface area (Å²) >= 11 is 1.27. The van der Waals surface area contributed by atoms with Crippen LogP contribution in [0.4, 0.5) is 5.69 Å². The number of para-hydroxylation sites is 1. The molecule has 0 saturated heterocycles. The molecule has 0 aliphatic carbocycles. The lowest BCUT2D eigenvalue weighted by Gasteiger charge is -2.03. The van der Waals surface area contributed by atoms with Crippen LogP contribution in [-0.2, 0) is 5.75 Å². The van der Waals surface area contributed by atoms with Crippen molar-refractivity contribution in [3.05, 3.63) is 76.1 Å². The minimum absolute atomic E-state index is 0.104. The third kappa shape index (κ3) is 3.83. The minimum Gasteiger partial charge on any atom is -0.366 e. The number of thioether (sulfide) groups is 1. The number of carbonyl (C=O) groups is 1. The molecule has 0 aliphatic rings. The van der Waals surface area contributed by atoms with Gasteiger partial charge in [0.2, 0.25) is 11.1 Å². The third-order valence-electron chi connectivity index (χ3n) is 3.41. The highest BCUT2D eigenvalue weighted by Gasteiger charge is 2.17. The first-order valence-corrected chi connectivity index (χ1v) is 8.20. The number of nitro groups is 1. The number of hydrogen-bond acceptors (Lipinski definition) is 6. The van der Waals surface area contributed by atoms with Gasteiger partial charge in [0.25, 0.3) is 5.69 Å². The topological polar surface area (TPSA) is 117 Å². The molecular weight excluding hydrogens is 342 g/mol. The largest absolute Gasteiger partial charge is 0.366 e. The molecule has 0 unspecified atom stereocenters. The van der Waals surface area contributed by atoms with Crippen LogP contribution in [0.2, 0.25) is 0 Å². The van der Waals surface area contributed by atoms with Crippen LogP contribution in [0.3, 0.4) is 0 Å². The molecular formula is C16H13N5O3S. The highest BCUT2D eigenvalue weighted by atomic mass is 32.2. The summed E-state index contributed by atoms with van der Waals surface area (Å²) in [4.78, 5) is 26.1. The molecule has 1 heterocycles. The lowest BCUT2D eigenvalue weighted by molar-refractivity contribution is -0.385. The van der Waals surface area contributed by atoms with Gasteiger partial charge in [0.15, 0.2) is 0 Å². The Balaban J connectivity index is 1.77. The van der Waals surface area contributed by atoms with Crippen molar-refractivity contribution in [3.63, 3.8) is 0 Å². The number of hydrogen-bond donors (Lipinski definition) is 1. The summed E-state index contributed by atoms with van der Waals surface area (Å²) in [6, 6.07) is 13.7. The molecule has 9 heteroatoms. The van der Waals surface area contributed by atoms with Crippen molar-refractivity contribution in [1.29, 1.82) is 0 Å². The van der Waals surface area contributed by atoms with Crippen molar-refractivity contribution in [2.45, 2.75) is 10.9 Å². The van der Waals surface area contributed by atoms with E-state index in [4.69, 9.17) is 5.73 Å². The first kappa shape index (κ1) is 16.7. The number of benzene rings is 2. The van der Waals surface area contributed by atoms with Gasteiger partial charge in [-0.25, -0.2) is 9.67 Å². The van der Waals surface area contributed by atoms with E-state index in [9.17, 15) is 14.9 Å². The summed E-state index contributed by atoms with van der Waals surface area (Å²) in [5, 5.41) is 16.0. The van der Waals surface area contributed by atoms with Gasteiger partial charge in [-0.1, -0.05) is 36.0 Å². The van der Waals surface area contributed by atoms with Crippen LogP contribution >= 0.6 is 11.8 Å². The van der Waals surface area contributed by atoms with Crippen LogP contribution in [0, 0.1) is 10.1 Å². The fraction of sp³-hybridized carbons (Fsp3) is 0.0625. The maximum atomic E-state index is 11.2. The van der Waals surface area contributed by atoms with E-state index < -0.39 is 10.8 Å². The van der Waals surface area contributed by atoms with Crippen LogP contribution in [0.1, 0.15) is 15.9 Å². The zero-order valence-electron chi connectivity index (χ0n) is 12.9. The van der Waals surface area contributed by atoms with Crippen LogP contribution < -0.4 is 5.73 Å². The van der Waals surface area contributed by atoms with Gasteiger partial charge in [-0.3, -0.25) is 14.9 Å². The van der Waals surface area contributed by atoms with E-state index in [1.165, 1.54) is 30.0 Å². The van der Waals surface area contributed by atoms with Gasteiger partial charge < -0.3 is 5.73 Å². The van der Waals surface area contributed by atoms with Crippen LogP contribution in [0.25, 0.3) is 5.69 Å². The van der Waals surface area contributed by atoms with Gasteiger partial charge in [-0.05, 0) is 18.2 Å². The van der Waals surface area contributed by atoms with Crippen molar-refractivity contribution < 1.29 is 9.72 Å². The summed E-state index contributed by atoms with van der Waals surface area (Å²) in [5.41, 5.74) is 6.47. The predicted octanol–water partition coefficient (Wildman–Crippen LogP) is 2.57. The molecule has 3 aromatic rings. The lowest BCUT2D eigenvalue weighted by Crippen LogP contribution is -2.11. The van der Waals surface area contributed by atoms with E-state index in [0.717, 1.165) is 5.69 Å². The molecule has 3 rings (SSSR count). The Morgan fingerprint density at radius 3 is 2.68 bits per heavy atom. The number of nitrogens with zero attached hydrogens (tertiary/aromatic N) is 4. The number of aromatic nitrogens is 3. The van der Waals surface area contributed by atoms with E-state index in [1.807, 2.05) is 30.3 Å². The fourth-order valence-electron chi connectivity index (χ4n) is 2.17. The number of nitro benzene ring substituents is 1. The minimum atomic E-state index is -0.703. The SMILES string of the molecule is NC(=O)c1ccc(CSc2ncn(-c3ccccc3)n2)c([N+](=O)[O-])c1. The van der Waals surface area contributed by atoms with Gasteiger partial charge in [0.1, 0.15) is 6.33 Å². The normalized spacial score (nSPS) is 10.6.